The molecule has 0 saturated carbocycles. The normalized spacial score (nSPS) is 13.5. The van der Waals surface area contributed by atoms with Crippen LogP contribution in [0.4, 0.5) is 5.82 Å². The van der Waals surface area contributed by atoms with E-state index in [9.17, 15) is 9.90 Å². The van der Waals surface area contributed by atoms with E-state index in [1.54, 1.807) is 24.4 Å². The van der Waals surface area contributed by atoms with E-state index in [1.807, 2.05) is 30.3 Å². The first-order valence-corrected chi connectivity index (χ1v) is 6.57. The van der Waals surface area contributed by atoms with Gasteiger partial charge in [0.15, 0.2) is 0 Å². The van der Waals surface area contributed by atoms with Crippen LogP contribution in [0.1, 0.15) is 18.9 Å². The van der Waals surface area contributed by atoms with Crippen LogP contribution in [0.3, 0.4) is 0 Å². The lowest BCUT2D eigenvalue weighted by Crippen LogP contribution is -2.40. The molecule has 0 radical (unpaired) electrons. The molecule has 1 unspecified atom stereocenters. The molecule has 1 aromatic heterocycles. The lowest BCUT2D eigenvalue weighted by Gasteiger charge is -2.22. The molecule has 4 nitrogen and oxygen atoms in total. The highest BCUT2D eigenvalue weighted by molar-refractivity contribution is 5.96. The van der Waals surface area contributed by atoms with Crippen molar-refractivity contribution >= 4 is 11.7 Å². The van der Waals surface area contributed by atoms with Crippen LogP contribution in [0.2, 0.25) is 0 Å². The average molecular weight is 270 g/mol. The number of pyridine rings is 1. The Bertz CT molecular complexity index is 553. The predicted molar refractivity (Wildman–Crippen MR) is 78.3 cm³/mol. The van der Waals surface area contributed by atoms with Gasteiger partial charge < -0.3 is 10.4 Å². The molecule has 2 aromatic rings. The molecule has 4 heteroatoms. The van der Waals surface area contributed by atoms with Gasteiger partial charge in [-0.05, 0) is 37.5 Å². The Labute approximate surface area is 118 Å². The highest BCUT2D eigenvalue weighted by Gasteiger charge is 2.30. The van der Waals surface area contributed by atoms with Gasteiger partial charge in [0.1, 0.15) is 11.4 Å². The fourth-order valence-electron chi connectivity index (χ4n) is 1.83. The third kappa shape index (κ3) is 3.90. The summed E-state index contributed by atoms with van der Waals surface area (Å²) in [6.07, 6.45) is 2.59. The minimum absolute atomic E-state index is 0.357. The van der Waals surface area contributed by atoms with Gasteiger partial charge in [-0.3, -0.25) is 4.79 Å². The Morgan fingerprint density at radius 2 is 1.90 bits per heavy atom. The van der Waals surface area contributed by atoms with Crippen LogP contribution in [0.15, 0.2) is 54.7 Å². The van der Waals surface area contributed by atoms with Gasteiger partial charge in [-0.25, -0.2) is 4.98 Å². The van der Waals surface area contributed by atoms with E-state index in [2.05, 4.69) is 10.3 Å². The highest BCUT2D eigenvalue weighted by atomic mass is 16.3. The smallest absolute Gasteiger partial charge is 0.257 e. The zero-order chi connectivity index (χ0) is 14.4. The number of nitrogens with one attached hydrogen (secondary N) is 1. The number of carbonyl (C=O) groups excluding carboxylic acids is 1. The number of aromatic nitrogens is 1. The Kier molecular flexibility index (Phi) is 4.48. The predicted octanol–water partition coefficient (Wildman–Crippen LogP) is 2.40. The van der Waals surface area contributed by atoms with Crippen LogP contribution >= 0.6 is 0 Å². The number of anilines is 1. The maximum Gasteiger partial charge on any atom is 0.257 e. The first-order chi connectivity index (χ1) is 9.58. The molecule has 2 N–H and O–H groups in total. The van der Waals surface area contributed by atoms with Crippen molar-refractivity contribution in [3.8, 4) is 0 Å². The Balaban J connectivity index is 1.94. The van der Waals surface area contributed by atoms with Crippen molar-refractivity contribution < 1.29 is 9.90 Å². The fraction of sp³-hybridized carbons (Fsp3) is 0.250. The summed E-state index contributed by atoms with van der Waals surface area (Å²) in [6, 6.07) is 15.0. The summed E-state index contributed by atoms with van der Waals surface area (Å²) in [5, 5.41) is 12.9. The second kappa shape index (κ2) is 6.30. The molecule has 20 heavy (non-hydrogen) atoms. The zero-order valence-corrected chi connectivity index (χ0v) is 11.4. The summed E-state index contributed by atoms with van der Waals surface area (Å²) in [6.45, 7) is 1.52. The highest BCUT2D eigenvalue weighted by Crippen LogP contribution is 2.16. The largest absolute Gasteiger partial charge is 0.380 e. The lowest BCUT2D eigenvalue weighted by molar-refractivity contribution is -0.132. The maximum absolute atomic E-state index is 12.1. The SMILES string of the molecule is CC(O)(CCc1ccccc1)C(=O)Nc1ccccn1. The molecule has 1 atom stereocenters. The number of benzene rings is 1. The Morgan fingerprint density at radius 1 is 1.20 bits per heavy atom. The number of hydrogen-bond donors (Lipinski definition) is 2. The number of amides is 1. The molecule has 0 aliphatic rings. The van der Waals surface area contributed by atoms with Gasteiger partial charge in [-0.1, -0.05) is 36.4 Å². The van der Waals surface area contributed by atoms with Crippen LogP contribution in [-0.2, 0) is 11.2 Å². The third-order valence-electron chi connectivity index (χ3n) is 3.14. The number of nitrogens with zero attached hydrogens (tertiary/aromatic N) is 1. The van der Waals surface area contributed by atoms with Crippen LogP contribution in [-0.4, -0.2) is 21.6 Å². The molecule has 1 aromatic carbocycles. The van der Waals surface area contributed by atoms with Crippen molar-refractivity contribution in [2.75, 3.05) is 5.32 Å². The maximum atomic E-state index is 12.1. The van der Waals surface area contributed by atoms with Gasteiger partial charge in [0.05, 0.1) is 0 Å². The molecular formula is C16H18N2O2. The minimum Gasteiger partial charge on any atom is -0.380 e. The summed E-state index contributed by atoms with van der Waals surface area (Å²) in [5.74, 6) is 0.00428. The monoisotopic (exact) mass is 270 g/mol. The van der Waals surface area contributed by atoms with E-state index in [1.165, 1.54) is 6.92 Å². The van der Waals surface area contributed by atoms with Crippen LogP contribution in [0, 0.1) is 0 Å². The Hall–Kier alpha value is -2.20. The number of hydrogen-bond acceptors (Lipinski definition) is 3. The molecule has 0 aliphatic heterocycles. The third-order valence-corrected chi connectivity index (χ3v) is 3.14. The van der Waals surface area contributed by atoms with E-state index < -0.39 is 11.5 Å². The number of rotatable bonds is 5. The Morgan fingerprint density at radius 3 is 2.55 bits per heavy atom. The quantitative estimate of drug-likeness (QED) is 0.877. The van der Waals surface area contributed by atoms with Crippen molar-refractivity contribution in [2.45, 2.75) is 25.4 Å². The van der Waals surface area contributed by atoms with E-state index in [0.717, 1.165) is 5.56 Å². The first-order valence-electron chi connectivity index (χ1n) is 6.57. The summed E-state index contributed by atoms with van der Waals surface area (Å²) in [7, 11) is 0. The van der Waals surface area contributed by atoms with Gasteiger partial charge >= 0.3 is 0 Å². The molecule has 0 fully saturated rings. The standard InChI is InChI=1S/C16H18N2O2/c1-16(20,11-10-13-7-3-2-4-8-13)15(19)18-14-9-5-6-12-17-14/h2-9,12,20H,10-11H2,1H3,(H,17,18,19). The molecule has 0 bridgehead atoms. The van der Waals surface area contributed by atoms with Crippen LogP contribution < -0.4 is 5.32 Å². The first kappa shape index (κ1) is 14.2. The van der Waals surface area contributed by atoms with E-state index in [0.29, 0.717) is 18.7 Å². The second-order valence-electron chi connectivity index (χ2n) is 4.93. The summed E-state index contributed by atoms with van der Waals surface area (Å²) < 4.78 is 0. The second-order valence-corrected chi connectivity index (χ2v) is 4.93. The molecule has 0 spiro atoms. The van der Waals surface area contributed by atoms with Gasteiger partial charge in [-0.2, -0.15) is 0 Å². The molecule has 0 saturated heterocycles. The van der Waals surface area contributed by atoms with E-state index in [4.69, 9.17) is 0 Å². The van der Waals surface area contributed by atoms with Gasteiger partial charge in [0.25, 0.3) is 5.91 Å². The van der Waals surface area contributed by atoms with Crippen molar-refractivity contribution in [3.05, 3.63) is 60.3 Å². The van der Waals surface area contributed by atoms with Crippen molar-refractivity contribution in [1.82, 2.24) is 4.98 Å². The van der Waals surface area contributed by atoms with Gasteiger partial charge in [0.2, 0.25) is 0 Å². The minimum atomic E-state index is -1.42. The van der Waals surface area contributed by atoms with Crippen molar-refractivity contribution in [3.63, 3.8) is 0 Å². The molecule has 1 heterocycles. The number of carbonyl (C=O) groups is 1. The molecule has 2 rings (SSSR count). The lowest BCUT2D eigenvalue weighted by atomic mass is 9.96. The van der Waals surface area contributed by atoms with E-state index in [-0.39, 0.29) is 0 Å². The van der Waals surface area contributed by atoms with Crippen LogP contribution in [0.5, 0.6) is 0 Å². The molecule has 0 aliphatic carbocycles. The average Bonchev–Trinajstić information content (AvgIpc) is 2.47. The van der Waals surface area contributed by atoms with Gasteiger partial charge in [0, 0.05) is 6.20 Å². The number of aryl methyl sites for hydroxylation is 1. The topological polar surface area (TPSA) is 62.2 Å². The van der Waals surface area contributed by atoms with E-state index >= 15 is 0 Å². The molecule has 104 valence electrons. The van der Waals surface area contributed by atoms with Gasteiger partial charge in [-0.15, -0.1) is 0 Å². The zero-order valence-electron chi connectivity index (χ0n) is 11.4. The van der Waals surface area contributed by atoms with Crippen LogP contribution in [0.25, 0.3) is 0 Å². The van der Waals surface area contributed by atoms with Crippen molar-refractivity contribution in [2.24, 2.45) is 0 Å². The summed E-state index contributed by atoms with van der Waals surface area (Å²) in [5.41, 5.74) is -0.328. The molecule has 1 amide bonds. The molecular weight excluding hydrogens is 252 g/mol. The summed E-state index contributed by atoms with van der Waals surface area (Å²) >= 11 is 0. The fourth-order valence-corrected chi connectivity index (χ4v) is 1.83. The number of aliphatic hydroxyl groups is 1. The van der Waals surface area contributed by atoms with Crippen molar-refractivity contribution in [1.29, 1.82) is 0 Å². The summed E-state index contributed by atoms with van der Waals surface area (Å²) in [4.78, 5) is 16.1.